The number of nitrogens with zero attached hydrogens (tertiary/aromatic N) is 2. The minimum Gasteiger partial charge on any atom is -0.350 e. The van der Waals surface area contributed by atoms with Crippen LogP contribution in [-0.4, -0.2) is 49.5 Å². The average molecular weight is 584 g/mol. The van der Waals surface area contributed by atoms with Crippen molar-refractivity contribution in [1.82, 2.24) is 10.2 Å². The fraction of sp³-hybridized carbons (Fsp3) is 0.355. The zero-order valence-corrected chi connectivity index (χ0v) is 25.5. The first-order valence-electron chi connectivity index (χ1n) is 13.1. The van der Waals surface area contributed by atoms with Gasteiger partial charge in [-0.1, -0.05) is 66.2 Å². The summed E-state index contributed by atoms with van der Waals surface area (Å²) in [7, 11) is -3.83. The molecule has 3 rings (SSSR count). The third-order valence-corrected chi connectivity index (χ3v) is 7.90. The van der Waals surface area contributed by atoms with Gasteiger partial charge in [-0.2, -0.15) is 0 Å². The second-order valence-electron chi connectivity index (χ2n) is 11.1. The van der Waals surface area contributed by atoms with E-state index in [1.807, 2.05) is 77.1 Å². The van der Waals surface area contributed by atoms with Gasteiger partial charge in [-0.05, 0) is 75.1 Å². The van der Waals surface area contributed by atoms with Crippen molar-refractivity contribution in [2.24, 2.45) is 0 Å². The SMILES string of the molecule is Cc1cccc(N(CC(=O)N(Cc2cccc(Cl)c2)[C@@H](Cc2ccccc2)C(=O)NC(C)(C)C)S(C)(=O)=O)c1C. The van der Waals surface area contributed by atoms with E-state index in [4.69, 9.17) is 11.6 Å². The number of aryl methyl sites for hydroxylation is 1. The number of carbonyl (C=O) groups excluding carboxylic acids is 2. The van der Waals surface area contributed by atoms with Crippen molar-refractivity contribution in [3.63, 3.8) is 0 Å². The van der Waals surface area contributed by atoms with E-state index in [1.54, 1.807) is 30.3 Å². The van der Waals surface area contributed by atoms with Crippen LogP contribution in [0.5, 0.6) is 0 Å². The van der Waals surface area contributed by atoms with E-state index in [-0.39, 0.29) is 18.9 Å². The number of benzene rings is 3. The number of halogens is 1. The zero-order chi connectivity index (χ0) is 29.7. The molecule has 0 bridgehead atoms. The van der Waals surface area contributed by atoms with Crippen molar-refractivity contribution >= 4 is 39.1 Å². The van der Waals surface area contributed by atoms with E-state index in [0.717, 1.165) is 32.8 Å². The molecule has 0 aliphatic heterocycles. The lowest BCUT2D eigenvalue weighted by atomic mass is 10.0. The van der Waals surface area contributed by atoms with Crippen molar-refractivity contribution in [3.05, 3.63) is 100 Å². The third-order valence-electron chi connectivity index (χ3n) is 6.54. The Morgan fingerprint density at radius 3 is 2.15 bits per heavy atom. The largest absolute Gasteiger partial charge is 0.350 e. The Morgan fingerprint density at radius 2 is 1.55 bits per heavy atom. The molecule has 0 aliphatic carbocycles. The molecule has 9 heteroatoms. The molecule has 7 nitrogen and oxygen atoms in total. The van der Waals surface area contributed by atoms with Crippen LogP contribution < -0.4 is 9.62 Å². The first kappa shape index (κ1) is 31.2. The zero-order valence-electron chi connectivity index (χ0n) is 23.9. The van der Waals surface area contributed by atoms with Crippen LogP contribution in [0.3, 0.4) is 0 Å². The Labute approximate surface area is 243 Å². The summed E-state index contributed by atoms with van der Waals surface area (Å²) < 4.78 is 27.1. The van der Waals surface area contributed by atoms with Crippen molar-refractivity contribution < 1.29 is 18.0 Å². The summed E-state index contributed by atoms with van der Waals surface area (Å²) in [5.41, 5.74) is 3.13. The predicted molar refractivity (Wildman–Crippen MR) is 162 cm³/mol. The van der Waals surface area contributed by atoms with Gasteiger partial charge in [0, 0.05) is 23.5 Å². The van der Waals surface area contributed by atoms with Crippen molar-refractivity contribution in [3.8, 4) is 0 Å². The monoisotopic (exact) mass is 583 g/mol. The maximum Gasteiger partial charge on any atom is 0.244 e. The first-order valence-corrected chi connectivity index (χ1v) is 15.3. The summed E-state index contributed by atoms with van der Waals surface area (Å²) in [6.45, 7) is 8.94. The molecule has 1 atom stereocenters. The summed E-state index contributed by atoms with van der Waals surface area (Å²) >= 11 is 6.25. The summed E-state index contributed by atoms with van der Waals surface area (Å²) in [6, 6.07) is 20.9. The van der Waals surface area contributed by atoms with Gasteiger partial charge in [-0.3, -0.25) is 13.9 Å². The van der Waals surface area contributed by atoms with Crippen LogP contribution in [0.25, 0.3) is 0 Å². The van der Waals surface area contributed by atoms with Crippen molar-refractivity contribution in [2.45, 2.75) is 59.2 Å². The highest BCUT2D eigenvalue weighted by atomic mass is 35.5. The van der Waals surface area contributed by atoms with E-state index in [9.17, 15) is 18.0 Å². The normalized spacial score (nSPS) is 12.5. The summed E-state index contributed by atoms with van der Waals surface area (Å²) in [6.07, 6.45) is 1.33. The molecule has 0 aliphatic rings. The molecule has 0 saturated heterocycles. The van der Waals surface area contributed by atoms with Crippen LogP contribution in [-0.2, 0) is 32.6 Å². The molecule has 0 spiro atoms. The van der Waals surface area contributed by atoms with Gasteiger partial charge in [0.1, 0.15) is 12.6 Å². The topological polar surface area (TPSA) is 86.8 Å². The average Bonchev–Trinajstić information content (AvgIpc) is 2.85. The smallest absolute Gasteiger partial charge is 0.244 e. The van der Waals surface area contributed by atoms with E-state index in [1.165, 1.54) is 4.90 Å². The minimum absolute atomic E-state index is 0.0683. The highest BCUT2D eigenvalue weighted by molar-refractivity contribution is 7.92. The molecule has 0 saturated carbocycles. The molecule has 3 aromatic carbocycles. The molecule has 0 unspecified atom stereocenters. The van der Waals surface area contributed by atoms with Gasteiger partial charge in [0.2, 0.25) is 21.8 Å². The van der Waals surface area contributed by atoms with Crippen molar-refractivity contribution in [2.75, 3.05) is 17.1 Å². The van der Waals surface area contributed by atoms with Crippen LogP contribution in [0, 0.1) is 13.8 Å². The summed E-state index contributed by atoms with van der Waals surface area (Å²) in [4.78, 5) is 29.4. The number of hydrogen-bond acceptors (Lipinski definition) is 4. The third kappa shape index (κ3) is 8.57. The quantitative estimate of drug-likeness (QED) is 0.352. The predicted octanol–water partition coefficient (Wildman–Crippen LogP) is 5.28. The molecule has 1 N–H and O–H groups in total. The molecule has 214 valence electrons. The standard InChI is InChI=1S/C31H38ClN3O4S/c1-22-12-10-17-27(23(22)2)35(40(6,38)39)21-29(36)34(20-25-15-11-16-26(32)18-25)28(30(37)33-31(3,4)5)19-24-13-8-7-9-14-24/h7-18,28H,19-21H2,1-6H3,(H,33,37)/t28-/m0/s1. The second-order valence-corrected chi connectivity index (χ2v) is 13.4. The van der Waals surface area contributed by atoms with Crippen molar-refractivity contribution in [1.29, 1.82) is 0 Å². The lowest BCUT2D eigenvalue weighted by molar-refractivity contribution is -0.140. The molecule has 2 amide bonds. The molecule has 0 aromatic heterocycles. The maximum atomic E-state index is 14.2. The maximum absolute atomic E-state index is 14.2. The van der Waals surface area contributed by atoms with Crippen LogP contribution in [0.1, 0.15) is 43.0 Å². The lowest BCUT2D eigenvalue weighted by Gasteiger charge is -2.35. The Kier molecular flexibility index (Phi) is 10.0. The van der Waals surface area contributed by atoms with E-state index < -0.39 is 34.1 Å². The van der Waals surface area contributed by atoms with Gasteiger partial charge in [0.25, 0.3) is 0 Å². The van der Waals surface area contributed by atoms with E-state index in [0.29, 0.717) is 10.7 Å². The fourth-order valence-corrected chi connectivity index (χ4v) is 5.55. The van der Waals surface area contributed by atoms with Gasteiger partial charge in [-0.25, -0.2) is 8.42 Å². The number of hydrogen-bond donors (Lipinski definition) is 1. The van der Waals surface area contributed by atoms with Gasteiger partial charge < -0.3 is 10.2 Å². The summed E-state index contributed by atoms with van der Waals surface area (Å²) in [5, 5.41) is 3.51. The van der Waals surface area contributed by atoms with Gasteiger partial charge in [0.15, 0.2) is 0 Å². The fourth-order valence-electron chi connectivity index (χ4n) is 4.44. The van der Waals surface area contributed by atoms with Crippen LogP contribution in [0.15, 0.2) is 72.8 Å². The second kappa shape index (κ2) is 12.9. The first-order chi connectivity index (χ1) is 18.7. The molecule has 0 fully saturated rings. The van der Waals surface area contributed by atoms with E-state index in [2.05, 4.69) is 5.32 Å². The van der Waals surface area contributed by atoms with Gasteiger partial charge in [0.05, 0.1) is 11.9 Å². The molecule has 40 heavy (non-hydrogen) atoms. The number of amides is 2. The molecule has 0 heterocycles. The lowest BCUT2D eigenvalue weighted by Crippen LogP contribution is -2.56. The Hall–Kier alpha value is -3.36. The number of carbonyl (C=O) groups is 2. The Balaban J connectivity index is 2.10. The number of nitrogens with one attached hydrogen (secondary N) is 1. The minimum atomic E-state index is -3.83. The highest BCUT2D eigenvalue weighted by Crippen LogP contribution is 2.26. The summed E-state index contributed by atoms with van der Waals surface area (Å²) in [5.74, 6) is -0.833. The molecule has 3 aromatic rings. The molecule has 0 radical (unpaired) electrons. The van der Waals surface area contributed by atoms with Crippen LogP contribution in [0.2, 0.25) is 5.02 Å². The van der Waals surface area contributed by atoms with Gasteiger partial charge in [-0.15, -0.1) is 0 Å². The Morgan fingerprint density at radius 1 is 0.925 bits per heavy atom. The van der Waals surface area contributed by atoms with Crippen LogP contribution in [0.4, 0.5) is 5.69 Å². The Bertz CT molecular complexity index is 1450. The van der Waals surface area contributed by atoms with E-state index >= 15 is 0 Å². The highest BCUT2D eigenvalue weighted by Gasteiger charge is 2.34. The molecular weight excluding hydrogens is 546 g/mol. The number of sulfonamides is 1. The molecular formula is C31H38ClN3O4S. The number of rotatable bonds is 10. The number of anilines is 1. The van der Waals surface area contributed by atoms with Crippen LogP contribution >= 0.6 is 11.6 Å². The van der Waals surface area contributed by atoms with Gasteiger partial charge >= 0.3 is 0 Å².